The maximum absolute atomic E-state index is 5.79. The predicted octanol–water partition coefficient (Wildman–Crippen LogP) is 3.20. The van der Waals surface area contributed by atoms with Gasteiger partial charge in [-0.15, -0.1) is 5.10 Å². The first kappa shape index (κ1) is 16.0. The van der Waals surface area contributed by atoms with Gasteiger partial charge in [0.2, 0.25) is 5.88 Å². The minimum absolute atomic E-state index is 0.587. The minimum atomic E-state index is 0.587. The van der Waals surface area contributed by atoms with Crippen molar-refractivity contribution in [2.75, 3.05) is 13.2 Å². The zero-order chi connectivity index (χ0) is 15.1. The number of aromatic nitrogens is 2. The van der Waals surface area contributed by atoms with Crippen molar-refractivity contribution in [2.45, 2.75) is 40.2 Å². The van der Waals surface area contributed by atoms with Gasteiger partial charge in [-0.05, 0) is 43.2 Å². The van der Waals surface area contributed by atoms with Crippen molar-refractivity contribution < 1.29 is 4.74 Å². The van der Waals surface area contributed by atoms with Gasteiger partial charge in [-0.3, -0.25) is 0 Å². The van der Waals surface area contributed by atoms with Gasteiger partial charge in [-0.1, -0.05) is 32.9 Å². The van der Waals surface area contributed by atoms with Crippen molar-refractivity contribution in [3.8, 4) is 5.88 Å². The van der Waals surface area contributed by atoms with E-state index in [2.05, 4.69) is 48.4 Å². The molecule has 21 heavy (non-hydrogen) atoms. The number of ether oxygens (including phenoxy) is 1. The summed E-state index contributed by atoms with van der Waals surface area (Å²) in [4.78, 5) is 0. The molecule has 2 rings (SSSR count). The fourth-order valence-electron chi connectivity index (χ4n) is 2.44. The third kappa shape index (κ3) is 5.46. The summed E-state index contributed by atoms with van der Waals surface area (Å²) in [7, 11) is 0. The van der Waals surface area contributed by atoms with Crippen LogP contribution in [0, 0.1) is 17.8 Å². The second-order valence-corrected chi connectivity index (χ2v) is 6.38. The van der Waals surface area contributed by atoms with E-state index in [1.165, 1.54) is 0 Å². The molecule has 1 N–H and O–H groups in total. The normalized spacial score (nSPS) is 21.7. The van der Waals surface area contributed by atoms with E-state index in [1.807, 2.05) is 12.1 Å². The van der Waals surface area contributed by atoms with E-state index in [1.54, 1.807) is 0 Å². The third-order valence-corrected chi connectivity index (χ3v) is 3.92. The van der Waals surface area contributed by atoms with Gasteiger partial charge in [0.25, 0.3) is 0 Å². The SMILES string of the molecule is CC(C)CNCc1ccc(OCC2CC=CCC2C)nn1. The van der Waals surface area contributed by atoms with Crippen molar-refractivity contribution >= 4 is 0 Å². The standard InChI is InChI=1S/C17H27N3O/c1-13(2)10-18-11-16-8-9-17(20-19-16)21-12-15-7-5-4-6-14(15)3/h4-5,8-9,13-15,18H,6-7,10-12H2,1-3H3. The first-order valence-electron chi connectivity index (χ1n) is 7.96. The molecule has 2 unspecified atom stereocenters. The molecule has 0 amide bonds. The Hall–Kier alpha value is -1.42. The van der Waals surface area contributed by atoms with Crippen molar-refractivity contribution in [3.05, 3.63) is 30.0 Å². The van der Waals surface area contributed by atoms with Crippen LogP contribution in [0.4, 0.5) is 0 Å². The number of rotatable bonds is 7. The molecule has 1 heterocycles. The zero-order valence-corrected chi connectivity index (χ0v) is 13.4. The van der Waals surface area contributed by atoms with Crippen LogP contribution >= 0.6 is 0 Å². The minimum Gasteiger partial charge on any atom is -0.476 e. The fraction of sp³-hybridized carbons (Fsp3) is 0.647. The molecule has 1 aliphatic rings. The molecule has 0 saturated carbocycles. The summed E-state index contributed by atoms with van der Waals surface area (Å²) in [5, 5.41) is 11.7. The Morgan fingerprint density at radius 2 is 2.05 bits per heavy atom. The van der Waals surface area contributed by atoms with Crippen LogP contribution in [0.25, 0.3) is 0 Å². The Balaban J connectivity index is 1.75. The van der Waals surface area contributed by atoms with Gasteiger partial charge >= 0.3 is 0 Å². The molecule has 0 saturated heterocycles. The number of hydrogen-bond donors (Lipinski definition) is 1. The Morgan fingerprint density at radius 3 is 2.71 bits per heavy atom. The van der Waals surface area contributed by atoms with E-state index >= 15 is 0 Å². The topological polar surface area (TPSA) is 47.0 Å². The second kappa shape index (κ2) is 8.13. The summed E-state index contributed by atoms with van der Waals surface area (Å²) in [6, 6.07) is 3.91. The highest BCUT2D eigenvalue weighted by molar-refractivity contribution is 5.11. The van der Waals surface area contributed by atoms with Crippen LogP contribution in [0.15, 0.2) is 24.3 Å². The summed E-state index contributed by atoms with van der Waals surface area (Å²) >= 11 is 0. The summed E-state index contributed by atoms with van der Waals surface area (Å²) in [5.74, 6) is 2.54. The van der Waals surface area contributed by atoms with E-state index in [0.717, 1.165) is 38.2 Å². The molecule has 0 radical (unpaired) electrons. The van der Waals surface area contributed by atoms with Crippen LogP contribution in [0.3, 0.4) is 0 Å². The zero-order valence-electron chi connectivity index (χ0n) is 13.4. The maximum atomic E-state index is 5.79. The molecular formula is C17H27N3O. The molecular weight excluding hydrogens is 262 g/mol. The van der Waals surface area contributed by atoms with Crippen molar-refractivity contribution in [3.63, 3.8) is 0 Å². The third-order valence-electron chi connectivity index (χ3n) is 3.92. The van der Waals surface area contributed by atoms with Crippen LogP contribution in [0.5, 0.6) is 5.88 Å². The van der Waals surface area contributed by atoms with E-state index in [-0.39, 0.29) is 0 Å². The molecule has 0 bridgehead atoms. The smallest absolute Gasteiger partial charge is 0.233 e. The largest absolute Gasteiger partial charge is 0.476 e. The number of nitrogens with zero attached hydrogens (tertiary/aromatic N) is 2. The summed E-state index contributed by atoms with van der Waals surface area (Å²) < 4.78 is 5.79. The molecule has 4 heteroatoms. The van der Waals surface area contributed by atoms with Gasteiger partial charge in [-0.25, -0.2) is 0 Å². The lowest BCUT2D eigenvalue weighted by Gasteiger charge is -2.24. The van der Waals surface area contributed by atoms with Crippen LogP contribution in [0.2, 0.25) is 0 Å². The van der Waals surface area contributed by atoms with E-state index in [4.69, 9.17) is 4.74 Å². The summed E-state index contributed by atoms with van der Waals surface area (Å²) in [6.45, 7) is 9.15. The molecule has 4 nitrogen and oxygen atoms in total. The highest BCUT2D eigenvalue weighted by atomic mass is 16.5. The number of nitrogens with one attached hydrogen (secondary N) is 1. The average molecular weight is 289 g/mol. The lowest BCUT2D eigenvalue weighted by Crippen LogP contribution is -2.22. The molecule has 1 aliphatic carbocycles. The second-order valence-electron chi connectivity index (χ2n) is 6.38. The average Bonchev–Trinajstić information content (AvgIpc) is 2.47. The molecule has 1 aromatic heterocycles. The van der Waals surface area contributed by atoms with Crippen molar-refractivity contribution in [2.24, 2.45) is 17.8 Å². The predicted molar refractivity (Wildman–Crippen MR) is 85.1 cm³/mol. The monoisotopic (exact) mass is 289 g/mol. The molecule has 0 aromatic carbocycles. The Morgan fingerprint density at radius 1 is 1.24 bits per heavy atom. The van der Waals surface area contributed by atoms with Crippen molar-refractivity contribution in [1.82, 2.24) is 15.5 Å². The first-order chi connectivity index (χ1) is 10.1. The molecule has 2 atom stereocenters. The molecule has 0 spiro atoms. The Bertz CT molecular complexity index is 442. The molecule has 0 fully saturated rings. The van der Waals surface area contributed by atoms with Crippen LogP contribution in [-0.2, 0) is 6.54 Å². The molecule has 116 valence electrons. The molecule has 1 aromatic rings. The first-order valence-corrected chi connectivity index (χ1v) is 7.96. The fourth-order valence-corrected chi connectivity index (χ4v) is 2.44. The highest BCUT2D eigenvalue weighted by Gasteiger charge is 2.19. The highest BCUT2D eigenvalue weighted by Crippen LogP contribution is 2.25. The van der Waals surface area contributed by atoms with Gasteiger partial charge in [-0.2, -0.15) is 5.10 Å². The van der Waals surface area contributed by atoms with E-state index in [9.17, 15) is 0 Å². The van der Waals surface area contributed by atoms with Crippen LogP contribution in [0.1, 0.15) is 39.3 Å². The quantitative estimate of drug-likeness (QED) is 0.783. The number of hydrogen-bond acceptors (Lipinski definition) is 4. The van der Waals surface area contributed by atoms with Gasteiger partial charge in [0.15, 0.2) is 0 Å². The maximum Gasteiger partial charge on any atom is 0.233 e. The van der Waals surface area contributed by atoms with Crippen LogP contribution < -0.4 is 10.1 Å². The van der Waals surface area contributed by atoms with Gasteiger partial charge in [0, 0.05) is 12.6 Å². The van der Waals surface area contributed by atoms with E-state index in [0.29, 0.717) is 23.6 Å². The summed E-state index contributed by atoms with van der Waals surface area (Å²) in [5.41, 5.74) is 0.956. The summed E-state index contributed by atoms with van der Waals surface area (Å²) in [6.07, 6.45) is 6.77. The lowest BCUT2D eigenvalue weighted by molar-refractivity contribution is 0.191. The van der Waals surface area contributed by atoms with Gasteiger partial charge in [0.05, 0.1) is 12.3 Å². The Labute approximate surface area is 128 Å². The van der Waals surface area contributed by atoms with Gasteiger partial charge in [0.1, 0.15) is 0 Å². The van der Waals surface area contributed by atoms with Crippen LogP contribution in [-0.4, -0.2) is 23.3 Å². The molecule has 0 aliphatic heterocycles. The number of allylic oxidation sites excluding steroid dienone is 2. The van der Waals surface area contributed by atoms with E-state index < -0.39 is 0 Å². The van der Waals surface area contributed by atoms with Crippen molar-refractivity contribution in [1.29, 1.82) is 0 Å². The Kier molecular flexibility index (Phi) is 6.18. The lowest BCUT2D eigenvalue weighted by atomic mass is 9.85. The van der Waals surface area contributed by atoms with Gasteiger partial charge < -0.3 is 10.1 Å².